The summed E-state index contributed by atoms with van der Waals surface area (Å²) in [6.45, 7) is 4.57. The van der Waals surface area contributed by atoms with Gasteiger partial charge < -0.3 is 20.1 Å². The summed E-state index contributed by atoms with van der Waals surface area (Å²) in [5.41, 5.74) is 1.55. The van der Waals surface area contributed by atoms with Crippen LogP contribution in [0.1, 0.15) is 38.7 Å². The van der Waals surface area contributed by atoms with Crippen LogP contribution in [0.3, 0.4) is 0 Å². The molecule has 1 amide bonds. The van der Waals surface area contributed by atoms with E-state index >= 15 is 0 Å². The maximum absolute atomic E-state index is 12.1. The molecule has 1 rings (SSSR count). The average molecular weight is 397 g/mol. The molecular weight excluding hydrogens is 364 g/mol. The number of hydrogen-bond donors (Lipinski definition) is 3. The average Bonchev–Trinajstić information content (AvgIpc) is 2.63. The van der Waals surface area contributed by atoms with Crippen LogP contribution in [0.4, 0.5) is 5.69 Å². The topological polar surface area (TPSA) is 78.9 Å². The molecule has 6 nitrogen and oxygen atoms in total. The van der Waals surface area contributed by atoms with E-state index in [-0.39, 0.29) is 5.91 Å². The number of rotatable bonds is 12. The zero-order valence-electron chi connectivity index (χ0n) is 16.7. The van der Waals surface area contributed by atoms with Crippen molar-refractivity contribution in [3.05, 3.63) is 29.8 Å². The van der Waals surface area contributed by atoms with E-state index in [9.17, 15) is 14.7 Å². The molecule has 152 valence electrons. The Hall–Kier alpha value is -1.73. The predicted octanol–water partition coefficient (Wildman–Crippen LogP) is 2.96. The van der Waals surface area contributed by atoms with E-state index in [4.69, 9.17) is 4.74 Å². The number of carbonyl (C=O) groups is 2. The van der Waals surface area contributed by atoms with Crippen LogP contribution >= 0.6 is 12.6 Å². The van der Waals surface area contributed by atoms with Crippen molar-refractivity contribution < 1.29 is 19.4 Å². The number of nitrogens with one attached hydrogen (secondary N) is 1. The fourth-order valence-corrected chi connectivity index (χ4v) is 2.46. The van der Waals surface area contributed by atoms with Crippen molar-refractivity contribution in [3.8, 4) is 0 Å². The molecule has 0 bridgehead atoms. The molecule has 0 aliphatic heterocycles. The number of thiol groups is 1. The van der Waals surface area contributed by atoms with Gasteiger partial charge in [0.25, 0.3) is 0 Å². The largest absolute Gasteiger partial charge is 0.480 e. The van der Waals surface area contributed by atoms with Gasteiger partial charge in [0, 0.05) is 32.1 Å². The lowest BCUT2D eigenvalue weighted by Crippen LogP contribution is -2.47. The van der Waals surface area contributed by atoms with E-state index < -0.39 is 17.4 Å². The van der Waals surface area contributed by atoms with Gasteiger partial charge in [-0.15, -0.1) is 0 Å². The van der Waals surface area contributed by atoms with Crippen molar-refractivity contribution in [2.75, 3.05) is 31.4 Å². The van der Waals surface area contributed by atoms with Gasteiger partial charge in [0.1, 0.15) is 6.04 Å². The van der Waals surface area contributed by atoms with E-state index in [1.54, 1.807) is 13.8 Å². The first kappa shape index (κ1) is 23.3. The fourth-order valence-electron chi connectivity index (χ4n) is 2.32. The first-order valence-corrected chi connectivity index (χ1v) is 9.79. The number of carbonyl (C=O) groups excluding carboxylic acids is 1. The molecule has 0 spiro atoms. The monoisotopic (exact) mass is 396 g/mol. The van der Waals surface area contributed by atoms with Crippen LogP contribution < -0.4 is 10.2 Å². The molecule has 0 aliphatic carbocycles. The summed E-state index contributed by atoms with van der Waals surface area (Å²) in [5, 5.41) is 11.9. The normalized spacial score (nSPS) is 12.5. The molecule has 2 N–H and O–H groups in total. The summed E-state index contributed by atoms with van der Waals surface area (Å²) in [7, 11) is 4.00. The van der Waals surface area contributed by atoms with Gasteiger partial charge in [-0.3, -0.25) is 4.79 Å². The summed E-state index contributed by atoms with van der Waals surface area (Å²) in [4.78, 5) is 25.5. The number of amides is 1. The molecule has 7 heteroatoms. The van der Waals surface area contributed by atoms with Crippen molar-refractivity contribution >= 4 is 30.2 Å². The van der Waals surface area contributed by atoms with Crippen LogP contribution in [0.5, 0.6) is 0 Å². The van der Waals surface area contributed by atoms with E-state index in [0.29, 0.717) is 31.8 Å². The van der Waals surface area contributed by atoms with Gasteiger partial charge >= 0.3 is 5.97 Å². The smallest absolute Gasteiger partial charge is 0.326 e. The molecule has 1 aromatic carbocycles. The summed E-state index contributed by atoms with van der Waals surface area (Å²) in [5.74, 6) is -0.948. The van der Waals surface area contributed by atoms with Crippen LogP contribution in [-0.4, -0.2) is 49.5 Å². The van der Waals surface area contributed by atoms with Gasteiger partial charge in [-0.05, 0) is 37.0 Å². The Kier molecular flexibility index (Phi) is 9.66. The van der Waals surface area contributed by atoms with Crippen molar-refractivity contribution in [2.45, 2.75) is 45.8 Å². The number of ether oxygens (including phenoxy) is 1. The molecule has 0 aromatic heterocycles. The Morgan fingerprint density at radius 2 is 1.85 bits per heavy atom. The van der Waals surface area contributed by atoms with Gasteiger partial charge in [0.2, 0.25) is 5.91 Å². The molecule has 27 heavy (non-hydrogen) atoms. The highest BCUT2D eigenvalue weighted by Crippen LogP contribution is 2.18. The lowest BCUT2D eigenvalue weighted by atomic mass is 9.94. The van der Waals surface area contributed by atoms with E-state index in [1.807, 2.05) is 43.3 Å². The van der Waals surface area contributed by atoms with Crippen LogP contribution in [0.15, 0.2) is 24.3 Å². The van der Waals surface area contributed by atoms with Crippen LogP contribution in [0, 0.1) is 5.41 Å². The maximum Gasteiger partial charge on any atom is 0.326 e. The highest BCUT2D eigenvalue weighted by molar-refractivity contribution is 7.80. The van der Waals surface area contributed by atoms with E-state index in [1.165, 1.54) is 0 Å². The molecule has 0 radical (unpaired) electrons. The van der Waals surface area contributed by atoms with Crippen LogP contribution in [0.2, 0.25) is 0 Å². The predicted molar refractivity (Wildman–Crippen MR) is 111 cm³/mol. The number of hydrogen-bond acceptors (Lipinski definition) is 5. The molecule has 1 aromatic rings. The minimum Gasteiger partial charge on any atom is -0.480 e. The number of aliphatic carboxylic acids is 1. The highest BCUT2D eigenvalue weighted by atomic mass is 32.1. The number of nitrogens with zero attached hydrogens (tertiary/aromatic N) is 1. The Balaban J connectivity index is 2.30. The maximum atomic E-state index is 12.1. The number of anilines is 1. The second kappa shape index (κ2) is 11.2. The van der Waals surface area contributed by atoms with E-state index in [2.05, 4.69) is 17.9 Å². The van der Waals surface area contributed by atoms with Crippen LogP contribution in [0.25, 0.3) is 0 Å². The van der Waals surface area contributed by atoms with Crippen LogP contribution in [-0.2, 0) is 20.9 Å². The zero-order chi connectivity index (χ0) is 20.4. The quantitative estimate of drug-likeness (QED) is 0.374. The third-order valence-electron chi connectivity index (χ3n) is 4.37. The minimum absolute atomic E-state index is 0.290. The zero-order valence-corrected chi connectivity index (χ0v) is 17.6. The second-order valence-corrected chi connectivity index (χ2v) is 7.83. The molecule has 0 heterocycles. The molecule has 1 atom stereocenters. The summed E-state index contributed by atoms with van der Waals surface area (Å²) >= 11 is 4.14. The number of carboxylic acids is 1. The Morgan fingerprint density at radius 3 is 2.37 bits per heavy atom. The third-order valence-corrected chi connectivity index (χ3v) is 5.16. The third kappa shape index (κ3) is 8.22. The minimum atomic E-state index is -1.01. The van der Waals surface area contributed by atoms with Crippen molar-refractivity contribution in [2.24, 2.45) is 5.41 Å². The number of benzene rings is 1. The molecular formula is C20H32N2O4S. The van der Waals surface area contributed by atoms with Crippen molar-refractivity contribution in [1.29, 1.82) is 0 Å². The SMILES string of the molecule is CN(C)c1ccc(COCCCCC(NC(=O)C(C)(C)CS)C(=O)O)cc1. The van der Waals surface area contributed by atoms with Gasteiger partial charge in [-0.1, -0.05) is 26.0 Å². The molecule has 0 saturated carbocycles. The van der Waals surface area contributed by atoms with Crippen molar-refractivity contribution in [3.63, 3.8) is 0 Å². The first-order chi connectivity index (χ1) is 12.7. The first-order valence-electron chi connectivity index (χ1n) is 9.16. The van der Waals surface area contributed by atoms with Gasteiger partial charge in [-0.2, -0.15) is 12.6 Å². The highest BCUT2D eigenvalue weighted by Gasteiger charge is 2.29. The Labute approximate surface area is 167 Å². The molecule has 0 fully saturated rings. The number of carboxylic acid groups (broad SMARTS) is 1. The summed E-state index contributed by atoms with van der Waals surface area (Å²) in [6, 6.07) is 7.29. The molecule has 1 unspecified atom stereocenters. The van der Waals surface area contributed by atoms with E-state index in [0.717, 1.165) is 17.7 Å². The summed E-state index contributed by atoms with van der Waals surface area (Å²) in [6.07, 6.45) is 1.79. The standard InChI is InChI=1S/C20H32N2O4S/c1-20(2,14-27)19(25)21-17(18(23)24)7-5-6-12-26-13-15-8-10-16(11-9-15)22(3)4/h8-11,17,27H,5-7,12-14H2,1-4H3,(H,21,25)(H,23,24). The second-order valence-electron chi connectivity index (χ2n) is 7.52. The van der Waals surface area contributed by atoms with Gasteiger partial charge in [0.05, 0.1) is 12.0 Å². The van der Waals surface area contributed by atoms with Crippen molar-refractivity contribution in [1.82, 2.24) is 5.32 Å². The lowest BCUT2D eigenvalue weighted by molar-refractivity contribution is -0.143. The molecule has 0 aliphatic rings. The van der Waals surface area contributed by atoms with Gasteiger partial charge in [-0.25, -0.2) is 4.79 Å². The molecule has 0 saturated heterocycles. The Morgan fingerprint density at radius 1 is 1.22 bits per heavy atom. The Bertz CT molecular complexity index is 603. The lowest BCUT2D eigenvalue weighted by Gasteiger charge is -2.24. The number of unbranched alkanes of at least 4 members (excludes halogenated alkanes) is 1. The fraction of sp³-hybridized carbons (Fsp3) is 0.600. The van der Waals surface area contributed by atoms with Gasteiger partial charge in [0.15, 0.2) is 0 Å². The summed E-state index contributed by atoms with van der Waals surface area (Å²) < 4.78 is 5.66.